The van der Waals surface area contributed by atoms with Gasteiger partial charge in [0.25, 0.3) is 0 Å². The molecular formula is C17H26O3Si. The van der Waals surface area contributed by atoms with Crippen molar-refractivity contribution in [2.45, 2.75) is 44.7 Å². The van der Waals surface area contributed by atoms with Gasteiger partial charge in [-0.05, 0) is 18.4 Å². The van der Waals surface area contributed by atoms with Gasteiger partial charge in [0, 0.05) is 7.11 Å². The molecule has 0 aromatic heterocycles. The van der Waals surface area contributed by atoms with Crippen LogP contribution in [0.4, 0.5) is 0 Å². The van der Waals surface area contributed by atoms with Gasteiger partial charge in [0.05, 0.1) is 6.10 Å². The molecular weight excluding hydrogens is 280 g/mol. The second kappa shape index (κ2) is 9.01. The molecule has 0 aliphatic carbocycles. The van der Waals surface area contributed by atoms with Gasteiger partial charge in [-0.2, -0.15) is 0 Å². The molecule has 1 rings (SSSR count). The minimum absolute atomic E-state index is 0.146. The summed E-state index contributed by atoms with van der Waals surface area (Å²) < 4.78 is 10.4. The van der Waals surface area contributed by atoms with Crippen LogP contribution in [0.1, 0.15) is 12.0 Å². The van der Waals surface area contributed by atoms with Gasteiger partial charge in [-0.3, -0.25) is 0 Å². The van der Waals surface area contributed by atoms with Crippen LogP contribution in [0.3, 0.4) is 0 Å². The molecule has 0 heterocycles. The zero-order valence-electron chi connectivity index (χ0n) is 13.4. The first-order valence-electron chi connectivity index (χ1n) is 7.27. The number of aliphatic hydroxyl groups excluding tert-OH is 1. The van der Waals surface area contributed by atoms with Crippen molar-refractivity contribution in [3.05, 3.63) is 35.9 Å². The quantitative estimate of drug-likeness (QED) is 0.478. The average molecular weight is 306 g/mol. The van der Waals surface area contributed by atoms with E-state index < -0.39 is 20.3 Å². The van der Waals surface area contributed by atoms with Crippen LogP contribution < -0.4 is 0 Å². The number of aliphatic hydroxyl groups is 1. The fraction of sp³-hybridized carbons (Fsp3) is 0.529. The lowest BCUT2D eigenvalue weighted by Crippen LogP contribution is -2.30. The maximum atomic E-state index is 10.3. The molecule has 2 atom stereocenters. The number of rotatable bonds is 7. The molecule has 0 amide bonds. The Bertz CT molecular complexity index is 456. The first-order chi connectivity index (χ1) is 9.92. The van der Waals surface area contributed by atoms with Crippen molar-refractivity contribution >= 4 is 8.07 Å². The van der Waals surface area contributed by atoms with E-state index in [0.29, 0.717) is 6.42 Å². The summed E-state index contributed by atoms with van der Waals surface area (Å²) in [5.74, 6) is 3.09. The molecule has 0 fully saturated rings. The Balaban J connectivity index is 2.61. The molecule has 21 heavy (non-hydrogen) atoms. The molecule has 0 aliphatic heterocycles. The van der Waals surface area contributed by atoms with E-state index in [2.05, 4.69) is 43.2 Å². The summed E-state index contributed by atoms with van der Waals surface area (Å²) >= 11 is 0. The molecule has 1 N–H and O–H groups in total. The number of ether oxygens (including phenoxy) is 2. The molecule has 3 nitrogen and oxygen atoms in total. The van der Waals surface area contributed by atoms with Gasteiger partial charge in [0.2, 0.25) is 0 Å². The van der Waals surface area contributed by atoms with Gasteiger partial charge in [0.1, 0.15) is 21.0 Å². The Hall–Kier alpha value is -1.12. The number of hydrogen-bond acceptors (Lipinski definition) is 3. The van der Waals surface area contributed by atoms with Crippen LogP contribution in [0.15, 0.2) is 30.3 Å². The lowest BCUT2D eigenvalue weighted by Gasteiger charge is -2.19. The van der Waals surface area contributed by atoms with E-state index in [9.17, 15) is 5.11 Å². The third kappa shape index (κ3) is 8.03. The Kier molecular flexibility index (Phi) is 7.69. The van der Waals surface area contributed by atoms with Crippen molar-refractivity contribution in [3.8, 4) is 11.5 Å². The predicted molar refractivity (Wildman–Crippen MR) is 88.6 cm³/mol. The molecule has 0 radical (unpaired) electrons. The van der Waals surface area contributed by atoms with Crippen molar-refractivity contribution in [1.82, 2.24) is 0 Å². The Morgan fingerprint density at radius 2 is 1.86 bits per heavy atom. The molecule has 0 aliphatic rings. The number of methoxy groups -OCH3 is 1. The molecule has 0 bridgehead atoms. The van der Waals surface area contributed by atoms with Crippen molar-refractivity contribution in [2.75, 3.05) is 13.9 Å². The van der Waals surface area contributed by atoms with Crippen LogP contribution >= 0.6 is 0 Å². The van der Waals surface area contributed by atoms with E-state index >= 15 is 0 Å². The fourth-order valence-electron chi connectivity index (χ4n) is 1.79. The maximum absolute atomic E-state index is 10.3. The Labute approximate surface area is 129 Å². The van der Waals surface area contributed by atoms with Crippen molar-refractivity contribution in [3.63, 3.8) is 0 Å². The first kappa shape index (κ1) is 17.9. The summed E-state index contributed by atoms with van der Waals surface area (Å²) in [5, 5.41) is 10.3. The Morgan fingerprint density at radius 3 is 2.43 bits per heavy atom. The lowest BCUT2D eigenvalue weighted by molar-refractivity contribution is -0.0905. The minimum Gasteiger partial charge on any atom is -0.389 e. The van der Waals surface area contributed by atoms with Gasteiger partial charge >= 0.3 is 0 Å². The topological polar surface area (TPSA) is 38.7 Å². The SMILES string of the molecule is COCO[C@H](C#C[Si](C)(C)C)[C@@H](O)CCc1ccccc1. The van der Waals surface area contributed by atoms with Crippen molar-refractivity contribution in [1.29, 1.82) is 0 Å². The van der Waals surface area contributed by atoms with Gasteiger partial charge in [0.15, 0.2) is 0 Å². The van der Waals surface area contributed by atoms with Crippen molar-refractivity contribution in [2.24, 2.45) is 0 Å². The summed E-state index contributed by atoms with van der Waals surface area (Å²) in [7, 11) is 0.0838. The number of benzene rings is 1. The summed E-state index contributed by atoms with van der Waals surface area (Å²) in [6.45, 7) is 6.66. The predicted octanol–water partition coefficient (Wildman–Crippen LogP) is 2.85. The summed E-state index contributed by atoms with van der Waals surface area (Å²) in [6.07, 6.45) is 0.340. The molecule has 4 heteroatoms. The smallest absolute Gasteiger partial charge is 0.148 e. The van der Waals surface area contributed by atoms with E-state index in [-0.39, 0.29) is 6.79 Å². The molecule has 0 unspecified atom stereocenters. The van der Waals surface area contributed by atoms with Gasteiger partial charge in [-0.1, -0.05) is 55.9 Å². The highest BCUT2D eigenvalue weighted by atomic mass is 28.3. The van der Waals surface area contributed by atoms with Crippen LogP contribution in [0, 0.1) is 11.5 Å². The van der Waals surface area contributed by atoms with Crippen molar-refractivity contribution < 1.29 is 14.6 Å². The van der Waals surface area contributed by atoms with Crippen LogP contribution in [0.5, 0.6) is 0 Å². The van der Waals surface area contributed by atoms with Crippen LogP contribution in [-0.2, 0) is 15.9 Å². The minimum atomic E-state index is -1.48. The third-order valence-electron chi connectivity index (χ3n) is 2.88. The Morgan fingerprint density at radius 1 is 1.19 bits per heavy atom. The lowest BCUT2D eigenvalue weighted by atomic mass is 10.0. The van der Waals surface area contributed by atoms with E-state index in [0.717, 1.165) is 6.42 Å². The van der Waals surface area contributed by atoms with Crippen LogP contribution in [-0.4, -0.2) is 39.3 Å². The number of aryl methyl sites for hydroxylation is 1. The number of hydrogen-bond donors (Lipinski definition) is 1. The van der Waals surface area contributed by atoms with Gasteiger partial charge in [-0.15, -0.1) is 5.54 Å². The second-order valence-corrected chi connectivity index (χ2v) is 10.9. The van der Waals surface area contributed by atoms with E-state index in [1.54, 1.807) is 7.11 Å². The van der Waals surface area contributed by atoms with Gasteiger partial charge < -0.3 is 14.6 Å². The molecule has 0 saturated heterocycles. The standard InChI is InChI=1S/C17H26O3Si/c1-19-14-20-17(12-13-21(2,3)4)16(18)11-10-15-8-6-5-7-9-15/h5-9,16-18H,10-11,14H2,1-4H3/t16-,17+/m0/s1. The van der Waals surface area contributed by atoms with E-state index in [1.807, 2.05) is 18.2 Å². The first-order valence-corrected chi connectivity index (χ1v) is 10.8. The zero-order valence-corrected chi connectivity index (χ0v) is 14.4. The highest BCUT2D eigenvalue weighted by molar-refractivity contribution is 6.83. The molecule has 1 aromatic carbocycles. The summed E-state index contributed by atoms with van der Waals surface area (Å²) in [6, 6.07) is 10.1. The average Bonchev–Trinajstić information content (AvgIpc) is 2.45. The van der Waals surface area contributed by atoms with E-state index in [4.69, 9.17) is 9.47 Å². The molecule has 0 spiro atoms. The highest BCUT2D eigenvalue weighted by Crippen LogP contribution is 2.10. The zero-order chi connectivity index (χ0) is 15.7. The monoisotopic (exact) mass is 306 g/mol. The molecule has 0 saturated carbocycles. The highest BCUT2D eigenvalue weighted by Gasteiger charge is 2.18. The van der Waals surface area contributed by atoms with Gasteiger partial charge in [-0.25, -0.2) is 0 Å². The normalized spacial score (nSPS) is 14.1. The molecule has 116 valence electrons. The third-order valence-corrected chi connectivity index (χ3v) is 3.77. The summed E-state index contributed by atoms with van der Waals surface area (Å²) in [4.78, 5) is 0. The fourth-order valence-corrected chi connectivity index (χ4v) is 2.36. The summed E-state index contributed by atoms with van der Waals surface area (Å²) in [5.41, 5.74) is 4.47. The van der Waals surface area contributed by atoms with E-state index in [1.165, 1.54) is 5.56 Å². The van der Waals surface area contributed by atoms with Crippen LogP contribution in [0.25, 0.3) is 0 Å². The maximum Gasteiger partial charge on any atom is 0.148 e. The largest absolute Gasteiger partial charge is 0.389 e. The second-order valence-electron chi connectivity index (χ2n) is 6.10. The van der Waals surface area contributed by atoms with Crippen LogP contribution in [0.2, 0.25) is 19.6 Å². The molecule has 1 aromatic rings.